The van der Waals surface area contributed by atoms with E-state index in [0.29, 0.717) is 13.2 Å². The summed E-state index contributed by atoms with van der Waals surface area (Å²) in [6, 6.07) is 8.17. The number of ether oxygens (including phenoxy) is 2. The molecule has 2 aromatic rings. The summed E-state index contributed by atoms with van der Waals surface area (Å²) in [5, 5.41) is 2.90. The van der Waals surface area contributed by atoms with Crippen molar-refractivity contribution in [3.05, 3.63) is 59.8 Å². The molecule has 3 aliphatic rings. The Hall–Kier alpha value is -3.24. The maximum atomic E-state index is 14.2. The smallest absolute Gasteiger partial charge is 0.292 e. The molecule has 5 rings (SSSR count). The maximum absolute atomic E-state index is 14.2. The minimum atomic E-state index is -1.07. The Balaban J connectivity index is 1.32. The standard InChI is InChI=1S/C25H28FN3O6/c26-19-7-2-1-6-18(19)23(31)28-11-9-25(10-12-28)29(24(32)21-8-4-14-34-21)20(16-35-25)22(30)27-15-17-5-3-13-33-17/h1-2,4,6-8,14,17,20H,3,5,9-13,15-16H2,(H,27,30)/t17-,20+/m0/s1. The van der Waals surface area contributed by atoms with Gasteiger partial charge in [0.05, 0.1) is 24.5 Å². The van der Waals surface area contributed by atoms with Crippen LogP contribution < -0.4 is 5.32 Å². The van der Waals surface area contributed by atoms with Gasteiger partial charge in [-0.3, -0.25) is 19.3 Å². The third-order valence-electron chi connectivity index (χ3n) is 6.98. The number of carbonyl (C=O) groups is 3. The zero-order chi connectivity index (χ0) is 24.4. The van der Waals surface area contributed by atoms with Crippen molar-refractivity contribution in [1.82, 2.24) is 15.1 Å². The van der Waals surface area contributed by atoms with E-state index in [2.05, 4.69) is 5.32 Å². The zero-order valence-corrected chi connectivity index (χ0v) is 19.3. The molecule has 3 amide bonds. The van der Waals surface area contributed by atoms with Gasteiger partial charge < -0.3 is 24.1 Å². The molecule has 3 fully saturated rings. The first-order valence-electron chi connectivity index (χ1n) is 11.9. The average molecular weight is 486 g/mol. The summed E-state index contributed by atoms with van der Waals surface area (Å²) in [5.74, 6) is -1.64. The second kappa shape index (κ2) is 9.79. The first-order valence-corrected chi connectivity index (χ1v) is 11.9. The molecule has 186 valence electrons. The van der Waals surface area contributed by atoms with E-state index in [1.54, 1.807) is 23.1 Å². The fourth-order valence-corrected chi connectivity index (χ4v) is 5.09. The summed E-state index contributed by atoms with van der Waals surface area (Å²) < 4.78 is 31.2. The van der Waals surface area contributed by atoms with Gasteiger partial charge in [0.15, 0.2) is 5.76 Å². The van der Waals surface area contributed by atoms with E-state index in [-0.39, 0.29) is 55.9 Å². The fourth-order valence-electron chi connectivity index (χ4n) is 5.09. The highest BCUT2D eigenvalue weighted by Crippen LogP contribution is 2.39. The number of amides is 3. The minimum Gasteiger partial charge on any atom is -0.459 e. The van der Waals surface area contributed by atoms with E-state index in [4.69, 9.17) is 13.9 Å². The molecule has 35 heavy (non-hydrogen) atoms. The Labute approximate surface area is 202 Å². The van der Waals surface area contributed by atoms with E-state index < -0.39 is 29.4 Å². The lowest BCUT2D eigenvalue weighted by atomic mass is 9.96. The monoisotopic (exact) mass is 485 g/mol. The number of nitrogens with one attached hydrogen (secondary N) is 1. The number of hydrogen-bond acceptors (Lipinski definition) is 6. The lowest BCUT2D eigenvalue weighted by molar-refractivity contribution is -0.128. The molecule has 3 aliphatic heterocycles. The van der Waals surface area contributed by atoms with E-state index >= 15 is 0 Å². The van der Waals surface area contributed by atoms with Crippen molar-refractivity contribution < 1.29 is 32.7 Å². The highest BCUT2D eigenvalue weighted by Gasteiger charge is 2.54. The Morgan fingerprint density at radius 2 is 1.89 bits per heavy atom. The van der Waals surface area contributed by atoms with E-state index in [0.717, 1.165) is 12.8 Å². The van der Waals surface area contributed by atoms with Crippen molar-refractivity contribution in [2.75, 3.05) is 32.8 Å². The molecule has 1 aromatic carbocycles. The molecule has 4 heterocycles. The molecular formula is C25H28FN3O6. The number of likely N-dealkylation sites (tertiary alicyclic amines) is 1. The molecule has 0 bridgehead atoms. The van der Waals surface area contributed by atoms with Crippen LogP contribution in [-0.4, -0.2) is 78.2 Å². The van der Waals surface area contributed by atoms with Crippen molar-refractivity contribution in [2.45, 2.75) is 43.6 Å². The van der Waals surface area contributed by atoms with Crippen LogP contribution in [0.25, 0.3) is 0 Å². The lowest BCUT2D eigenvalue weighted by Gasteiger charge is -2.44. The predicted octanol–water partition coefficient (Wildman–Crippen LogP) is 2.19. The van der Waals surface area contributed by atoms with Crippen molar-refractivity contribution in [1.29, 1.82) is 0 Å². The summed E-state index contributed by atoms with van der Waals surface area (Å²) in [5.41, 5.74) is -1.06. The summed E-state index contributed by atoms with van der Waals surface area (Å²) in [4.78, 5) is 42.5. The van der Waals surface area contributed by atoms with Gasteiger partial charge in [-0.25, -0.2) is 4.39 Å². The normalized spacial score (nSPS) is 23.6. The van der Waals surface area contributed by atoms with Gasteiger partial charge in [-0.1, -0.05) is 12.1 Å². The minimum absolute atomic E-state index is 0.00527. The number of piperidine rings is 1. The highest BCUT2D eigenvalue weighted by molar-refractivity contribution is 5.97. The molecule has 1 aromatic heterocycles. The number of furan rings is 1. The third-order valence-corrected chi connectivity index (χ3v) is 6.98. The van der Waals surface area contributed by atoms with E-state index in [1.165, 1.54) is 29.4 Å². The number of benzene rings is 1. The molecule has 10 heteroatoms. The van der Waals surface area contributed by atoms with E-state index in [1.807, 2.05) is 0 Å². The topological polar surface area (TPSA) is 101 Å². The van der Waals surface area contributed by atoms with Crippen LogP contribution in [0.4, 0.5) is 4.39 Å². The molecule has 0 radical (unpaired) electrons. The molecular weight excluding hydrogens is 457 g/mol. The largest absolute Gasteiger partial charge is 0.459 e. The first-order chi connectivity index (χ1) is 17.0. The van der Waals surface area contributed by atoms with Crippen LogP contribution in [0.1, 0.15) is 46.6 Å². The third kappa shape index (κ3) is 4.55. The molecule has 0 aliphatic carbocycles. The summed E-state index contributed by atoms with van der Waals surface area (Å²) in [7, 11) is 0. The second-order valence-electron chi connectivity index (χ2n) is 9.08. The fraction of sp³-hybridized carbons (Fsp3) is 0.480. The lowest BCUT2D eigenvalue weighted by Crippen LogP contribution is -2.60. The molecule has 1 spiro atoms. The number of rotatable bonds is 5. The molecule has 3 saturated heterocycles. The van der Waals surface area contributed by atoms with E-state index in [9.17, 15) is 18.8 Å². The summed E-state index contributed by atoms with van der Waals surface area (Å²) in [6.07, 6.45) is 3.79. The molecule has 0 saturated carbocycles. The predicted molar refractivity (Wildman–Crippen MR) is 121 cm³/mol. The van der Waals surface area contributed by atoms with Gasteiger partial charge in [0.25, 0.3) is 11.8 Å². The molecule has 0 unspecified atom stereocenters. The van der Waals surface area contributed by atoms with Crippen molar-refractivity contribution in [3.8, 4) is 0 Å². The van der Waals surface area contributed by atoms with Gasteiger partial charge in [0.2, 0.25) is 5.91 Å². The van der Waals surface area contributed by atoms with Gasteiger partial charge in [-0.05, 0) is 37.1 Å². The van der Waals surface area contributed by atoms with Gasteiger partial charge in [0, 0.05) is 39.1 Å². The van der Waals surface area contributed by atoms with Gasteiger partial charge in [-0.15, -0.1) is 0 Å². The van der Waals surface area contributed by atoms with Crippen LogP contribution in [0.3, 0.4) is 0 Å². The molecule has 9 nitrogen and oxygen atoms in total. The zero-order valence-electron chi connectivity index (χ0n) is 19.3. The van der Waals surface area contributed by atoms with Gasteiger partial charge >= 0.3 is 0 Å². The van der Waals surface area contributed by atoms with Crippen molar-refractivity contribution in [3.63, 3.8) is 0 Å². The highest BCUT2D eigenvalue weighted by atomic mass is 19.1. The Kier molecular flexibility index (Phi) is 6.57. The summed E-state index contributed by atoms with van der Waals surface area (Å²) in [6.45, 7) is 1.58. The maximum Gasteiger partial charge on any atom is 0.292 e. The van der Waals surface area contributed by atoms with Crippen LogP contribution in [0.2, 0.25) is 0 Å². The van der Waals surface area contributed by atoms with Crippen LogP contribution in [0.15, 0.2) is 47.1 Å². The number of hydrogen-bond donors (Lipinski definition) is 1. The Morgan fingerprint density at radius 3 is 2.57 bits per heavy atom. The molecule has 2 atom stereocenters. The van der Waals surface area contributed by atoms with Crippen molar-refractivity contribution >= 4 is 17.7 Å². The van der Waals surface area contributed by atoms with Crippen LogP contribution in [0, 0.1) is 5.82 Å². The van der Waals surface area contributed by atoms with Gasteiger partial charge in [-0.2, -0.15) is 0 Å². The van der Waals surface area contributed by atoms with Crippen molar-refractivity contribution in [2.24, 2.45) is 0 Å². The van der Waals surface area contributed by atoms with Crippen LogP contribution in [-0.2, 0) is 14.3 Å². The van der Waals surface area contributed by atoms with Crippen LogP contribution >= 0.6 is 0 Å². The van der Waals surface area contributed by atoms with Gasteiger partial charge in [0.1, 0.15) is 17.6 Å². The number of carbonyl (C=O) groups excluding carboxylic acids is 3. The summed E-state index contributed by atoms with van der Waals surface area (Å²) >= 11 is 0. The number of nitrogens with zero attached hydrogens (tertiary/aromatic N) is 2. The SMILES string of the molecule is O=C(NC[C@@H]1CCCO1)[C@H]1COC2(CCN(C(=O)c3ccccc3F)CC2)N1C(=O)c1ccco1. The Bertz CT molecular complexity index is 1080. The average Bonchev–Trinajstić information content (AvgIpc) is 3.65. The van der Waals surface area contributed by atoms with Crippen LogP contribution in [0.5, 0.6) is 0 Å². The second-order valence-corrected chi connectivity index (χ2v) is 9.08. The quantitative estimate of drug-likeness (QED) is 0.697. The Morgan fingerprint density at radius 1 is 1.09 bits per heavy atom. The first kappa shape index (κ1) is 23.5. The molecule has 1 N–H and O–H groups in total. The number of halogens is 1.